The lowest BCUT2D eigenvalue weighted by Crippen LogP contribution is -2.48. The Morgan fingerprint density at radius 2 is 1.62 bits per heavy atom. The molecule has 0 spiro atoms. The standard InChI is InChI=1S/C29H33N3O2/c1-20-11-13-21(14-12-20)27-19-25(24-9-5-6-10-26(24)31-27)28(33)30-23-15-17-32(18-16-23)29(34)22-7-3-2-4-8-22/h5-6,9-14,19,22-23H,2-4,7-8,15-18H2,1H3,(H,30,33). The number of nitrogens with one attached hydrogen (secondary N) is 1. The van der Waals surface area contributed by atoms with E-state index in [1.807, 2.05) is 47.4 Å². The van der Waals surface area contributed by atoms with Crippen molar-refractivity contribution in [1.29, 1.82) is 0 Å². The monoisotopic (exact) mass is 455 g/mol. The van der Waals surface area contributed by atoms with Crippen molar-refractivity contribution in [3.05, 3.63) is 65.7 Å². The number of carbonyl (C=O) groups excluding carboxylic acids is 2. The molecule has 0 radical (unpaired) electrons. The summed E-state index contributed by atoms with van der Waals surface area (Å²) in [6.45, 7) is 3.52. The van der Waals surface area contributed by atoms with E-state index in [9.17, 15) is 9.59 Å². The molecule has 5 nitrogen and oxygen atoms in total. The number of nitrogens with zero attached hydrogens (tertiary/aromatic N) is 2. The van der Waals surface area contributed by atoms with Crippen molar-refractivity contribution in [2.45, 2.75) is 57.9 Å². The Morgan fingerprint density at radius 1 is 0.912 bits per heavy atom. The van der Waals surface area contributed by atoms with Crippen LogP contribution >= 0.6 is 0 Å². The van der Waals surface area contributed by atoms with Crippen LogP contribution in [0.4, 0.5) is 0 Å². The number of piperidine rings is 1. The number of fused-ring (bicyclic) bond motifs is 1. The molecule has 0 atom stereocenters. The molecule has 2 aliphatic rings. The van der Waals surface area contributed by atoms with Gasteiger partial charge in [0.1, 0.15) is 0 Å². The third-order valence-electron chi connectivity index (χ3n) is 7.40. The summed E-state index contributed by atoms with van der Waals surface area (Å²) in [5.74, 6) is 0.472. The van der Waals surface area contributed by atoms with Gasteiger partial charge in [-0.05, 0) is 44.7 Å². The minimum absolute atomic E-state index is 0.0657. The Bertz CT molecular complexity index is 1170. The molecule has 3 aromatic rings. The van der Waals surface area contributed by atoms with Crippen LogP contribution in [-0.4, -0.2) is 40.8 Å². The fourth-order valence-electron chi connectivity index (χ4n) is 5.35. The van der Waals surface area contributed by atoms with Crippen LogP contribution in [-0.2, 0) is 4.79 Å². The van der Waals surface area contributed by atoms with Crippen molar-refractivity contribution >= 4 is 22.7 Å². The molecule has 1 saturated carbocycles. The number of para-hydroxylation sites is 1. The molecule has 1 N–H and O–H groups in total. The van der Waals surface area contributed by atoms with Crippen molar-refractivity contribution in [3.63, 3.8) is 0 Å². The van der Waals surface area contributed by atoms with Crippen molar-refractivity contribution < 1.29 is 9.59 Å². The van der Waals surface area contributed by atoms with Crippen LogP contribution in [0, 0.1) is 12.8 Å². The lowest BCUT2D eigenvalue weighted by molar-refractivity contribution is -0.137. The number of amides is 2. The Balaban J connectivity index is 1.30. The molecule has 1 aromatic heterocycles. The Morgan fingerprint density at radius 3 is 2.35 bits per heavy atom. The molecule has 2 heterocycles. The molecular formula is C29H33N3O2. The first-order valence-electron chi connectivity index (χ1n) is 12.6. The Hall–Kier alpha value is -3.21. The quantitative estimate of drug-likeness (QED) is 0.564. The summed E-state index contributed by atoms with van der Waals surface area (Å²) < 4.78 is 0. The third kappa shape index (κ3) is 4.84. The van der Waals surface area contributed by atoms with Crippen molar-refractivity contribution in [2.24, 2.45) is 5.92 Å². The molecule has 34 heavy (non-hydrogen) atoms. The summed E-state index contributed by atoms with van der Waals surface area (Å²) in [5.41, 5.74) is 4.47. The molecular weight excluding hydrogens is 422 g/mol. The highest BCUT2D eigenvalue weighted by Crippen LogP contribution is 2.28. The van der Waals surface area contributed by atoms with Gasteiger partial charge in [-0.1, -0.05) is 67.3 Å². The maximum Gasteiger partial charge on any atom is 0.252 e. The van der Waals surface area contributed by atoms with Crippen molar-refractivity contribution in [2.75, 3.05) is 13.1 Å². The molecule has 176 valence electrons. The predicted molar refractivity (Wildman–Crippen MR) is 136 cm³/mol. The zero-order valence-electron chi connectivity index (χ0n) is 19.9. The van der Waals surface area contributed by atoms with E-state index in [-0.39, 0.29) is 17.9 Å². The fourth-order valence-corrected chi connectivity index (χ4v) is 5.35. The van der Waals surface area contributed by atoms with E-state index in [0.29, 0.717) is 11.5 Å². The Kier molecular flexibility index (Phi) is 6.61. The van der Waals surface area contributed by atoms with Crippen LogP contribution in [0.3, 0.4) is 0 Å². The molecule has 0 unspecified atom stereocenters. The molecule has 2 aromatic carbocycles. The molecule has 1 saturated heterocycles. The molecule has 5 heteroatoms. The first-order chi connectivity index (χ1) is 16.6. The van der Waals surface area contributed by atoms with Gasteiger partial charge in [-0.3, -0.25) is 9.59 Å². The smallest absolute Gasteiger partial charge is 0.252 e. The van der Waals surface area contributed by atoms with Gasteiger partial charge < -0.3 is 10.2 Å². The summed E-state index contributed by atoms with van der Waals surface area (Å²) in [6, 6.07) is 18.0. The van der Waals surface area contributed by atoms with Gasteiger partial charge in [0.15, 0.2) is 0 Å². The van der Waals surface area contributed by atoms with Gasteiger partial charge in [0, 0.05) is 36.0 Å². The summed E-state index contributed by atoms with van der Waals surface area (Å²) in [7, 11) is 0. The van der Waals surface area contributed by atoms with Gasteiger partial charge in [-0.15, -0.1) is 0 Å². The molecule has 2 fully saturated rings. The van der Waals surface area contributed by atoms with E-state index in [0.717, 1.165) is 60.9 Å². The number of hydrogen-bond donors (Lipinski definition) is 1. The topological polar surface area (TPSA) is 62.3 Å². The highest BCUT2D eigenvalue weighted by molar-refractivity contribution is 6.07. The highest BCUT2D eigenvalue weighted by atomic mass is 16.2. The van der Waals surface area contributed by atoms with Crippen LogP contribution in [0.15, 0.2) is 54.6 Å². The normalized spacial score (nSPS) is 17.6. The number of likely N-dealkylation sites (tertiary alicyclic amines) is 1. The van der Waals surface area contributed by atoms with E-state index in [1.165, 1.54) is 24.8 Å². The summed E-state index contributed by atoms with van der Waals surface area (Å²) in [5, 5.41) is 4.11. The molecule has 1 aliphatic heterocycles. The highest BCUT2D eigenvalue weighted by Gasteiger charge is 2.30. The minimum atomic E-state index is -0.0657. The van der Waals surface area contributed by atoms with E-state index >= 15 is 0 Å². The van der Waals surface area contributed by atoms with Gasteiger partial charge in [0.2, 0.25) is 5.91 Å². The summed E-state index contributed by atoms with van der Waals surface area (Å²) >= 11 is 0. The minimum Gasteiger partial charge on any atom is -0.349 e. The van der Waals surface area contributed by atoms with Crippen molar-refractivity contribution in [1.82, 2.24) is 15.2 Å². The SMILES string of the molecule is Cc1ccc(-c2cc(C(=O)NC3CCN(C(=O)C4CCCCC4)CC3)c3ccccc3n2)cc1. The second-order valence-corrected chi connectivity index (χ2v) is 9.85. The number of carbonyl (C=O) groups is 2. The van der Waals surface area contributed by atoms with Crippen LogP contribution < -0.4 is 5.32 Å². The van der Waals surface area contributed by atoms with Crippen LogP contribution in [0.2, 0.25) is 0 Å². The number of aryl methyl sites for hydroxylation is 1. The van der Waals surface area contributed by atoms with Crippen molar-refractivity contribution in [3.8, 4) is 11.3 Å². The maximum atomic E-state index is 13.4. The average molecular weight is 456 g/mol. The van der Waals surface area contributed by atoms with Gasteiger partial charge in [-0.2, -0.15) is 0 Å². The van der Waals surface area contributed by atoms with E-state index in [4.69, 9.17) is 4.98 Å². The van der Waals surface area contributed by atoms with Crippen LogP contribution in [0.1, 0.15) is 60.9 Å². The lowest BCUT2D eigenvalue weighted by atomic mass is 9.87. The molecule has 1 aliphatic carbocycles. The summed E-state index contributed by atoms with van der Waals surface area (Å²) in [4.78, 5) is 33.1. The second kappa shape index (κ2) is 9.96. The predicted octanol–water partition coefficient (Wildman–Crippen LogP) is 5.51. The molecule has 0 bridgehead atoms. The van der Waals surface area contributed by atoms with E-state index in [1.54, 1.807) is 0 Å². The maximum absolute atomic E-state index is 13.4. The lowest BCUT2D eigenvalue weighted by Gasteiger charge is -2.35. The third-order valence-corrected chi connectivity index (χ3v) is 7.40. The first kappa shape index (κ1) is 22.6. The van der Waals surface area contributed by atoms with E-state index < -0.39 is 0 Å². The van der Waals surface area contributed by atoms with Gasteiger partial charge >= 0.3 is 0 Å². The zero-order valence-corrected chi connectivity index (χ0v) is 19.9. The van der Waals surface area contributed by atoms with Crippen LogP contribution in [0.5, 0.6) is 0 Å². The van der Waals surface area contributed by atoms with Gasteiger partial charge in [0.25, 0.3) is 5.91 Å². The number of hydrogen-bond acceptors (Lipinski definition) is 3. The fraction of sp³-hybridized carbons (Fsp3) is 0.414. The summed E-state index contributed by atoms with van der Waals surface area (Å²) in [6.07, 6.45) is 7.28. The number of pyridine rings is 1. The number of benzene rings is 2. The number of rotatable bonds is 4. The van der Waals surface area contributed by atoms with Gasteiger partial charge in [0.05, 0.1) is 16.8 Å². The zero-order chi connectivity index (χ0) is 23.5. The molecule has 5 rings (SSSR count). The van der Waals surface area contributed by atoms with Crippen LogP contribution in [0.25, 0.3) is 22.2 Å². The Labute approximate surface area is 201 Å². The van der Waals surface area contributed by atoms with Gasteiger partial charge in [-0.25, -0.2) is 4.98 Å². The van der Waals surface area contributed by atoms with E-state index in [2.05, 4.69) is 24.4 Å². The molecule has 2 amide bonds. The average Bonchev–Trinajstić information content (AvgIpc) is 2.89. The second-order valence-electron chi connectivity index (χ2n) is 9.85. The number of aromatic nitrogens is 1. The largest absolute Gasteiger partial charge is 0.349 e. The first-order valence-corrected chi connectivity index (χ1v) is 12.6.